The number of benzene rings is 1. The van der Waals surface area contributed by atoms with Crippen LogP contribution in [-0.2, 0) is 0 Å². The van der Waals surface area contributed by atoms with Crippen LogP contribution in [0, 0.1) is 17.1 Å². The van der Waals surface area contributed by atoms with Crippen LogP contribution in [0.25, 0.3) is 0 Å². The Morgan fingerprint density at radius 2 is 2.22 bits per heavy atom. The molecule has 1 atom stereocenters. The van der Waals surface area contributed by atoms with Gasteiger partial charge in [-0.15, -0.1) is 11.3 Å². The van der Waals surface area contributed by atoms with Gasteiger partial charge in [0, 0.05) is 11.4 Å². The molecule has 0 aliphatic heterocycles. The minimum atomic E-state index is -0.667. The third-order valence-corrected chi connectivity index (χ3v) is 3.46. The SMILES string of the molecule is N#Cc1c(F)cccc1NCC(O)c1cccs1. The van der Waals surface area contributed by atoms with Gasteiger partial charge in [-0.25, -0.2) is 4.39 Å². The molecule has 1 aromatic carbocycles. The lowest BCUT2D eigenvalue weighted by Gasteiger charge is -2.12. The Kier molecular flexibility index (Phi) is 3.92. The molecule has 2 aromatic rings. The Hall–Kier alpha value is -1.90. The lowest BCUT2D eigenvalue weighted by Crippen LogP contribution is -2.12. The van der Waals surface area contributed by atoms with Crippen LogP contribution in [0.1, 0.15) is 16.5 Å². The summed E-state index contributed by atoms with van der Waals surface area (Å²) in [5.41, 5.74) is 0.365. The van der Waals surface area contributed by atoms with E-state index in [1.807, 2.05) is 17.5 Å². The molecule has 0 spiro atoms. The smallest absolute Gasteiger partial charge is 0.143 e. The van der Waals surface area contributed by atoms with E-state index in [0.29, 0.717) is 5.69 Å². The fourth-order valence-electron chi connectivity index (χ4n) is 1.57. The Bertz CT molecular complexity index is 563. The van der Waals surface area contributed by atoms with E-state index in [4.69, 9.17) is 5.26 Å². The molecule has 0 amide bonds. The normalized spacial score (nSPS) is 11.8. The average Bonchev–Trinajstić information content (AvgIpc) is 2.90. The maximum atomic E-state index is 13.3. The van der Waals surface area contributed by atoms with Gasteiger partial charge in [0.1, 0.15) is 23.6 Å². The monoisotopic (exact) mass is 262 g/mol. The van der Waals surface area contributed by atoms with E-state index in [1.165, 1.54) is 23.5 Å². The van der Waals surface area contributed by atoms with Gasteiger partial charge >= 0.3 is 0 Å². The molecule has 2 N–H and O–H groups in total. The molecular weight excluding hydrogens is 251 g/mol. The number of anilines is 1. The first kappa shape index (κ1) is 12.6. The summed E-state index contributed by atoms with van der Waals surface area (Å²) in [6.07, 6.45) is -0.667. The van der Waals surface area contributed by atoms with Gasteiger partial charge in [-0.2, -0.15) is 5.26 Å². The number of halogens is 1. The maximum Gasteiger partial charge on any atom is 0.143 e. The van der Waals surface area contributed by atoms with E-state index in [2.05, 4.69) is 5.32 Å². The second-order valence-corrected chi connectivity index (χ2v) is 4.67. The average molecular weight is 262 g/mol. The number of hydrogen-bond donors (Lipinski definition) is 2. The van der Waals surface area contributed by atoms with E-state index < -0.39 is 11.9 Å². The first-order valence-electron chi connectivity index (χ1n) is 5.36. The summed E-state index contributed by atoms with van der Waals surface area (Å²) in [5.74, 6) is -0.562. The summed E-state index contributed by atoms with van der Waals surface area (Å²) in [4.78, 5) is 0.831. The molecule has 5 heteroatoms. The number of nitrogens with one attached hydrogen (secondary N) is 1. The summed E-state index contributed by atoms with van der Waals surface area (Å²) < 4.78 is 13.3. The molecule has 2 rings (SSSR count). The molecule has 3 nitrogen and oxygen atoms in total. The van der Waals surface area contributed by atoms with Crippen molar-refractivity contribution in [3.05, 3.63) is 52.0 Å². The lowest BCUT2D eigenvalue weighted by atomic mass is 10.1. The van der Waals surface area contributed by atoms with E-state index in [1.54, 1.807) is 12.1 Å². The van der Waals surface area contributed by atoms with Gasteiger partial charge in [-0.1, -0.05) is 12.1 Å². The van der Waals surface area contributed by atoms with Crippen LogP contribution < -0.4 is 5.32 Å². The van der Waals surface area contributed by atoms with E-state index >= 15 is 0 Å². The molecule has 1 unspecified atom stereocenters. The number of aliphatic hydroxyl groups is 1. The molecule has 92 valence electrons. The topological polar surface area (TPSA) is 56.0 Å². The Morgan fingerprint density at radius 1 is 1.39 bits per heavy atom. The highest BCUT2D eigenvalue weighted by molar-refractivity contribution is 7.10. The number of nitriles is 1. The van der Waals surface area contributed by atoms with Crippen LogP contribution in [0.4, 0.5) is 10.1 Å². The second kappa shape index (κ2) is 5.63. The molecule has 0 aliphatic rings. The van der Waals surface area contributed by atoms with Crippen LogP contribution in [0.3, 0.4) is 0 Å². The predicted octanol–water partition coefficient (Wildman–Crippen LogP) is 2.90. The number of nitrogens with zero attached hydrogens (tertiary/aromatic N) is 1. The van der Waals surface area contributed by atoms with Gasteiger partial charge in [-0.3, -0.25) is 0 Å². The molecule has 0 saturated heterocycles. The highest BCUT2D eigenvalue weighted by Crippen LogP contribution is 2.22. The standard InChI is InChI=1S/C13H11FN2OS/c14-10-3-1-4-11(9(10)7-15)16-8-12(17)13-5-2-6-18-13/h1-6,12,16-17H,8H2. The second-order valence-electron chi connectivity index (χ2n) is 3.69. The Morgan fingerprint density at radius 3 is 2.89 bits per heavy atom. The Labute approximate surface area is 108 Å². The van der Waals surface area contributed by atoms with Crippen LogP contribution in [-0.4, -0.2) is 11.7 Å². The molecule has 0 radical (unpaired) electrons. The van der Waals surface area contributed by atoms with Crippen molar-refractivity contribution >= 4 is 17.0 Å². The van der Waals surface area contributed by atoms with Crippen molar-refractivity contribution in [3.8, 4) is 6.07 Å². The predicted molar refractivity (Wildman–Crippen MR) is 68.9 cm³/mol. The number of aliphatic hydroxyl groups excluding tert-OH is 1. The van der Waals surface area contributed by atoms with E-state index in [9.17, 15) is 9.50 Å². The number of thiophene rings is 1. The van der Waals surface area contributed by atoms with Crippen molar-refractivity contribution in [2.45, 2.75) is 6.10 Å². The van der Waals surface area contributed by atoms with Crippen molar-refractivity contribution in [2.75, 3.05) is 11.9 Å². The first-order chi connectivity index (χ1) is 8.72. The minimum absolute atomic E-state index is 0.0316. The van der Waals surface area contributed by atoms with Crippen LogP contribution in [0.5, 0.6) is 0 Å². The fraction of sp³-hybridized carbons (Fsp3) is 0.154. The van der Waals surface area contributed by atoms with Gasteiger partial charge in [0.15, 0.2) is 0 Å². The van der Waals surface area contributed by atoms with Crippen LogP contribution in [0.15, 0.2) is 35.7 Å². The molecule has 0 aliphatic carbocycles. The van der Waals surface area contributed by atoms with Crippen LogP contribution >= 0.6 is 11.3 Å². The minimum Gasteiger partial charge on any atom is -0.386 e. The number of rotatable bonds is 4. The van der Waals surface area contributed by atoms with Crippen molar-refractivity contribution < 1.29 is 9.50 Å². The highest BCUT2D eigenvalue weighted by Gasteiger charge is 2.11. The van der Waals surface area contributed by atoms with Gasteiger partial charge < -0.3 is 10.4 Å². The molecule has 0 fully saturated rings. The van der Waals surface area contributed by atoms with Crippen LogP contribution in [0.2, 0.25) is 0 Å². The molecule has 1 heterocycles. The largest absolute Gasteiger partial charge is 0.386 e. The van der Waals surface area contributed by atoms with Gasteiger partial charge in [0.2, 0.25) is 0 Å². The number of hydrogen-bond acceptors (Lipinski definition) is 4. The van der Waals surface area contributed by atoms with Crippen molar-refractivity contribution in [3.63, 3.8) is 0 Å². The molecule has 1 aromatic heterocycles. The van der Waals surface area contributed by atoms with Gasteiger partial charge in [0.25, 0.3) is 0 Å². The maximum absolute atomic E-state index is 13.3. The summed E-state index contributed by atoms with van der Waals surface area (Å²) >= 11 is 1.45. The lowest BCUT2D eigenvalue weighted by molar-refractivity contribution is 0.195. The molecule has 0 saturated carbocycles. The fourth-order valence-corrected chi connectivity index (χ4v) is 2.28. The summed E-state index contributed by atoms with van der Waals surface area (Å²) in [6.45, 7) is 0.235. The van der Waals surface area contributed by atoms with Crippen molar-refractivity contribution in [1.29, 1.82) is 5.26 Å². The molecule has 18 heavy (non-hydrogen) atoms. The third kappa shape index (κ3) is 2.67. The Balaban J connectivity index is 2.07. The molecule has 0 bridgehead atoms. The van der Waals surface area contributed by atoms with Crippen molar-refractivity contribution in [1.82, 2.24) is 0 Å². The van der Waals surface area contributed by atoms with Gasteiger partial charge in [-0.05, 0) is 23.6 Å². The summed E-state index contributed by atoms with van der Waals surface area (Å²) in [6, 6.07) is 9.86. The van der Waals surface area contributed by atoms with Crippen molar-refractivity contribution in [2.24, 2.45) is 0 Å². The zero-order valence-corrected chi connectivity index (χ0v) is 10.2. The highest BCUT2D eigenvalue weighted by atomic mass is 32.1. The first-order valence-corrected chi connectivity index (χ1v) is 6.24. The zero-order valence-electron chi connectivity index (χ0n) is 9.43. The molecular formula is C13H11FN2OS. The summed E-state index contributed by atoms with van der Waals surface area (Å²) in [5, 5.41) is 23.5. The third-order valence-electron chi connectivity index (χ3n) is 2.48. The van der Waals surface area contributed by atoms with E-state index in [-0.39, 0.29) is 12.1 Å². The van der Waals surface area contributed by atoms with E-state index in [0.717, 1.165) is 4.88 Å². The quantitative estimate of drug-likeness (QED) is 0.890. The van der Waals surface area contributed by atoms with Gasteiger partial charge in [0.05, 0.1) is 5.69 Å². The summed E-state index contributed by atoms with van der Waals surface area (Å²) in [7, 11) is 0. The zero-order chi connectivity index (χ0) is 13.0.